The number of halogens is 1. The van der Waals surface area contributed by atoms with Gasteiger partial charge in [0.1, 0.15) is 11.8 Å². The molecule has 29 heavy (non-hydrogen) atoms. The Labute approximate surface area is 181 Å². The normalized spacial score (nSPS) is 11.8. The van der Waals surface area contributed by atoms with Gasteiger partial charge >= 0.3 is 0 Å². The predicted molar refractivity (Wildman–Crippen MR) is 118 cm³/mol. The molecule has 0 unspecified atom stereocenters. The van der Waals surface area contributed by atoms with Gasteiger partial charge in [-0.25, -0.2) is 0 Å². The third kappa shape index (κ3) is 7.29. The Hall–Kier alpha value is -2.18. The number of benzene rings is 2. The maximum absolute atomic E-state index is 13.0. The Balaban J connectivity index is 2.16. The Morgan fingerprint density at radius 2 is 1.83 bits per heavy atom. The van der Waals surface area contributed by atoms with Gasteiger partial charge in [0, 0.05) is 22.5 Å². The van der Waals surface area contributed by atoms with Crippen LogP contribution in [0.1, 0.15) is 26.3 Å². The van der Waals surface area contributed by atoms with Crippen LogP contribution in [0, 0.1) is 0 Å². The molecule has 0 saturated heterocycles. The average molecular weight is 435 g/mol. The first kappa shape index (κ1) is 23.1. The molecule has 1 atom stereocenters. The molecule has 2 amide bonds. The van der Waals surface area contributed by atoms with Crippen molar-refractivity contribution in [2.45, 2.75) is 44.3 Å². The highest BCUT2D eigenvalue weighted by molar-refractivity contribution is 8.00. The van der Waals surface area contributed by atoms with Crippen LogP contribution >= 0.6 is 23.4 Å². The number of nitrogens with zero attached hydrogens (tertiary/aromatic N) is 1. The summed E-state index contributed by atoms with van der Waals surface area (Å²) >= 11 is 7.34. The number of rotatable bonds is 9. The maximum atomic E-state index is 13.0. The van der Waals surface area contributed by atoms with Crippen LogP contribution in [0.25, 0.3) is 0 Å². The van der Waals surface area contributed by atoms with Gasteiger partial charge in [-0.3, -0.25) is 9.59 Å². The van der Waals surface area contributed by atoms with Gasteiger partial charge in [-0.15, -0.1) is 11.8 Å². The molecule has 156 valence electrons. The highest BCUT2D eigenvalue weighted by atomic mass is 35.5. The standard InChI is InChI=1S/C22H27ClN2O3S/c1-15(2)24-22(27)16(3)25(13-17-6-5-7-19(12-17)28-4)21(26)14-29-20-10-8-18(23)9-11-20/h5-12,15-16H,13-14H2,1-4H3,(H,24,27)/t16-/m0/s1. The van der Waals surface area contributed by atoms with Crippen LogP contribution in [0.4, 0.5) is 0 Å². The molecule has 0 saturated carbocycles. The minimum absolute atomic E-state index is 0.00200. The molecular weight excluding hydrogens is 408 g/mol. The van der Waals surface area contributed by atoms with Gasteiger partial charge in [0.15, 0.2) is 0 Å². The Kier molecular flexibility index (Phi) is 8.86. The van der Waals surface area contributed by atoms with E-state index in [0.29, 0.717) is 17.3 Å². The van der Waals surface area contributed by atoms with E-state index in [1.165, 1.54) is 11.8 Å². The first-order valence-corrected chi connectivity index (χ1v) is 10.8. The first-order chi connectivity index (χ1) is 13.8. The van der Waals surface area contributed by atoms with Crippen LogP contribution in [-0.4, -0.2) is 41.7 Å². The second-order valence-corrected chi connectivity index (χ2v) is 8.44. The molecule has 0 radical (unpaired) electrons. The lowest BCUT2D eigenvalue weighted by molar-refractivity contribution is -0.138. The summed E-state index contributed by atoms with van der Waals surface area (Å²) in [5.41, 5.74) is 0.901. The predicted octanol–water partition coefficient (Wildman–Crippen LogP) is 4.38. The van der Waals surface area contributed by atoms with Gasteiger partial charge < -0.3 is 15.0 Å². The summed E-state index contributed by atoms with van der Waals surface area (Å²) in [7, 11) is 1.60. The van der Waals surface area contributed by atoms with Gasteiger partial charge in [0.2, 0.25) is 11.8 Å². The molecule has 7 heteroatoms. The molecule has 2 rings (SSSR count). The Bertz CT molecular complexity index is 827. The van der Waals surface area contributed by atoms with Crippen LogP contribution in [0.2, 0.25) is 5.02 Å². The maximum Gasteiger partial charge on any atom is 0.242 e. The molecule has 0 spiro atoms. The molecule has 1 N–H and O–H groups in total. The fourth-order valence-electron chi connectivity index (χ4n) is 2.71. The van der Waals surface area contributed by atoms with Crippen LogP contribution in [-0.2, 0) is 16.1 Å². The molecule has 0 bridgehead atoms. The number of carbonyl (C=O) groups excluding carboxylic acids is 2. The third-order valence-electron chi connectivity index (χ3n) is 4.26. The molecule has 5 nitrogen and oxygen atoms in total. The summed E-state index contributed by atoms with van der Waals surface area (Å²) in [5, 5.41) is 3.54. The lowest BCUT2D eigenvalue weighted by atomic mass is 10.1. The number of ether oxygens (including phenoxy) is 1. The average Bonchev–Trinajstić information content (AvgIpc) is 2.70. The monoisotopic (exact) mass is 434 g/mol. The van der Waals surface area contributed by atoms with Crippen molar-refractivity contribution >= 4 is 35.2 Å². The topological polar surface area (TPSA) is 58.6 Å². The van der Waals surface area contributed by atoms with E-state index in [0.717, 1.165) is 10.5 Å². The smallest absolute Gasteiger partial charge is 0.242 e. The fraction of sp³-hybridized carbons (Fsp3) is 0.364. The largest absolute Gasteiger partial charge is 0.497 e. The molecule has 0 aliphatic heterocycles. The first-order valence-electron chi connectivity index (χ1n) is 9.41. The number of methoxy groups -OCH3 is 1. The van der Waals surface area contributed by atoms with Crippen molar-refractivity contribution in [2.75, 3.05) is 12.9 Å². The lowest BCUT2D eigenvalue weighted by Gasteiger charge is -2.29. The van der Waals surface area contributed by atoms with E-state index in [1.807, 2.05) is 50.2 Å². The van der Waals surface area contributed by atoms with Crippen LogP contribution in [0.3, 0.4) is 0 Å². The number of thioether (sulfide) groups is 1. The summed E-state index contributed by atoms with van der Waals surface area (Å²) < 4.78 is 5.27. The zero-order valence-electron chi connectivity index (χ0n) is 17.1. The second kappa shape index (κ2) is 11.1. The van der Waals surface area contributed by atoms with Crippen molar-refractivity contribution in [1.29, 1.82) is 0 Å². The summed E-state index contributed by atoms with van der Waals surface area (Å²) in [4.78, 5) is 28.2. The van der Waals surface area contributed by atoms with Gasteiger partial charge in [0.05, 0.1) is 12.9 Å². The van der Waals surface area contributed by atoms with E-state index in [9.17, 15) is 9.59 Å². The molecule has 0 aliphatic carbocycles. The zero-order valence-corrected chi connectivity index (χ0v) is 18.7. The van der Waals surface area contributed by atoms with E-state index in [1.54, 1.807) is 31.1 Å². The SMILES string of the molecule is COc1cccc(CN(C(=O)CSc2ccc(Cl)cc2)[C@@H](C)C(=O)NC(C)C)c1. The lowest BCUT2D eigenvalue weighted by Crippen LogP contribution is -2.49. The van der Waals surface area contributed by atoms with Crippen molar-refractivity contribution in [1.82, 2.24) is 10.2 Å². The third-order valence-corrected chi connectivity index (χ3v) is 5.51. The van der Waals surface area contributed by atoms with E-state index in [4.69, 9.17) is 16.3 Å². The molecule has 0 aromatic heterocycles. The zero-order chi connectivity index (χ0) is 21.4. The fourth-order valence-corrected chi connectivity index (χ4v) is 3.62. The second-order valence-electron chi connectivity index (χ2n) is 6.96. The van der Waals surface area contributed by atoms with Crippen LogP contribution < -0.4 is 10.1 Å². The van der Waals surface area contributed by atoms with Crippen molar-refractivity contribution in [3.05, 3.63) is 59.1 Å². The number of amides is 2. The molecule has 0 aliphatic rings. The Morgan fingerprint density at radius 1 is 1.14 bits per heavy atom. The minimum Gasteiger partial charge on any atom is -0.497 e. The van der Waals surface area contributed by atoms with E-state index in [-0.39, 0.29) is 23.6 Å². The highest BCUT2D eigenvalue weighted by Crippen LogP contribution is 2.22. The van der Waals surface area contributed by atoms with E-state index >= 15 is 0 Å². The quantitative estimate of drug-likeness (QED) is 0.595. The Morgan fingerprint density at radius 3 is 2.45 bits per heavy atom. The van der Waals surface area contributed by atoms with Crippen LogP contribution in [0.15, 0.2) is 53.4 Å². The number of carbonyl (C=O) groups is 2. The molecule has 2 aromatic rings. The summed E-state index contributed by atoms with van der Waals surface area (Å²) in [6.07, 6.45) is 0. The minimum atomic E-state index is -0.595. The van der Waals surface area contributed by atoms with E-state index < -0.39 is 6.04 Å². The van der Waals surface area contributed by atoms with Gasteiger partial charge in [-0.2, -0.15) is 0 Å². The van der Waals surface area contributed by atoms with Gasteiger partial charge in [-0.05, 0) is 62.7 Å². The van der Waals surface area contributed by atoms with Crippen LogP contribution in [0.5, 0.6) is 5.75 Å². The highest BCUT2D eigenvalue weighted by Gasteiger charge is 2.26. The van der Waals surface area contributed by atoms with Gasteiger partial charge in [-0.1, -0.05) is 23.7 Å². The summed E-state index contributed by atoms with van der Waals surface area (Å²) in [5.74, 6) is 0.655. The van der Waals surface area contributed by atoms with Crippen molar-refractivity contribution in [3.8, 4) is 5.75 Å². The number of hydrogen-bond acceptors (Lipinski definition) is 4. The molecule has 0 fully saturated rings. The number of hydrogen-bond donors (Lipinski definition) is 1. The summed E-state index contributed by atoms with van der Waals surface area (Å²) in [6.45, 7) is 5.87. The molecular formula is C22H27ClN2O3S. The molecule has 0 heterocycles. The summed E-state index contributed by atoms with van der Waals surface area (Å²) in [6, 6.07) is 14.3. The van der Waals surface area contributed by atoms with Crippen molar-refractivity contribution in [3.63, 3.8) is 0 Å². The van der Waals surface area contributed by atoms with Crippen molar-refractivity contribution < 1.29 is 14.3 Å². The van der Waals surface area contributed by atoms with Gasteiger partial charge in [0.25, 0.3) is 0 Å². The van der Waals surface area contributed by atoms with E-state index in [2.05, 4.69) is 5.32 Å². The number of nitrogens with one attached hydrogen (secondary N) is 1. The van der Waals surface area contributed by atoms with Crippen molar-refractivity contribution in [2.24, 2.45) is 0 Å². The molecule has 2 aromatic carbocycles.